The number of aromatic hydroxyl groups is 1. The molecule has 4 rings (SSSR count). The predicted molar refractivity (Wildman–Crippen MR) is 112 cm³/mol. The van der Waals surface area contributed by atoms with Gasteiger partial charge in [-0.05, 0) is 67.9 Å². The van der Waals surface area contributed by atoms with Crippen LogP contribution in [0, 0.1) is 13.8 Å². The summed E-state index contributed by atoms with van der Waals surface area (Å²) in [5.74, 6) is 0.315. The van der Waals surface area contributed by atoms with Gasteiger partial charge >= 0.3 is 0 Å². The van der Waals surface area contributed by atoms with Crippen LogP contribution in [0.1, 0.15) is 30.4 Å². The van der Waals surface area contributed by atoms with Crippen LogP contribution < -0.4 is 22.7 Å². The van der Waals surface area contributed by atoms with E-state index >= 15 is 0 Å². The number of hydrogen-bond donors (Lipinski definition) is 2. The number of nitrogens with two attached hydrogens (primary N) is 1. The van der Waals surface area contributed by atoms with Crippen molar-refractivity contribution < 1.29 is 22.1 Å². The Morgan fingerprint density at radius 2 is 1.79 bits per heavy atom. The smallest absolute Gasteiger partial charge is 0.176 e. The molecule has 0 saturated heterocycles. The second kappa shape index (κ2) is 7.98. The van der Waals surface area contributed by atoms with Crippen LogP contribution in [-0.4, -0.2) is 16.2 Å². The second-order valence-corrected chi connectivity index (χ2v) is 7.59. The maximum atomic E-state index is 10.0. The Morgan fingerprint density at radius 1 is 1.00 bits per heavy atom. The molecule has 0 fully saturated rings. The lowest BCUT2D eigenvalue weighted by Crippen LogP contribution is -3.00. The molecule has 28 heavy (non-hydrogen) atoms. The normalized spacial score (nSPS) is 11.4. The minimum atomic E-state index is 0. The van der Waals surface area contributed by atoms with Crippen molar-refractivity contribution in [1.82, 2.24) is 4.57 Å². The molecule has 4 nitrogen and oxygen atoms in total. The summed E-state index contributed by atoms with van der Waals surface area (Å²) in [7, 11) is 2.11. The summed E-state index contributed by atoms with van der Waals surface area (Å²) in [6, 6.07) is 7.90. The fourth-order valence-corrected chi connectivity index (χ4v) is 4.43. The number of phenols is 1. The van der Waals surface area contributed by atoms with E-state index in [0.717, 1.165) is 36.8 Å². The maximum Gasteiger partial charge on any atom is 0.176 e. The molecule has 148 valence electrons. The van der Waals surface area contributed by atoms with E-state index in [1.807, 2.05) is 12.1 Å². The zero-order chi connectivity index (χ0) is 19.1. The van der Waals surface area contributed by atoms with Crippen molar-refractivity contribution in [2.75, 3.05) is 6.54 Å². The first-order valence-corrected chi connectivity index (χ1v) is 9.76. The summed E-state index contributed by atoms with van der Waals surface area (Å²) in [6.45, 7) is 6.19. The number of hydrogen-bond acceptors (Lipinski definition) is 2. The monoisotopic (exact) mass is 397 g/mol. The van der Waals surface area contributed by atoms with Gasteiger partial charge in [0.05, 0.1) is 5.52 Å². The Kier molecular flexibility index (Phi) is 5.82. The zero-order valence-electron chi connectivity index (χ0n) is 16.8. The van der Waals surface area contributed by atoms with Gasteiger partial charge in [-0.2, -0.15) is 0 Å². The molecule has 0 aliphatic heterocycles. The Hall–Kier alpha value is -2.30. The van der Waals surface area contributed by atoms with Crippen molar-refractivity contribution in [3.63, 3.8) is 0 Å². The number of benzene rings is 2. The molecule has 4 aromatic rings. The number of aryl methyl sites for hydroxylation is 4. The van der Waals surface area contributed by atoms with Crippen LogP contribution in [0.25, 0.3) is 32.6 Å². The van der Waals surface area contributed by atoms with Gasteiger partial charge in [-0.25, -0.2) is 4.57 Å². The summed E-state index contributed by atoms with van der Waals surface area (Å²) in [6.07, 6.45) is 7.88. The fraction of sp³-hybridized carbons (Fsp3) is 0.348. The summed E-state index contributed by atoms with van der Waals surface area (Å²) < 4.78 is 4.54. The lowest BCUT2D eigenvalue weighted by molar-refractivity contribution is -0.696. The van der Waals surface area contributed by atoms with E-state index in [2.05, 4.69) is 48.5 Å². The number of pyridine rings is 1. The Balaban J connectivity index is 0.00000225. The Bertz CT molecular complexity index is 1160. The molecule has 2 aromatic heterocycles. The first-order chi connectivity index (χ1) is 13.0. The van der Waals surface area contributed by atoms with Crippen LogP contribution in [0.4, 0.5) is 0 Å². The molecule has 0 unspecified atom stereocenters. The van der Waals surface area contributed by atoms with Gasteiger partial charge in [-0.15, -0.1) is 0 Å². The molecule has 0 amide bonds. The van der Waals surface area contributed by atoms with Gasteiger partial charge in [0, 0.05) is 41.2 Å². The summed E-state index contributed by atoms with van der Waals surface area (Å²) in [4.78, 5) is 0. The Labute approximate surface area is 172 Å². The van der Waals surface area contributed by atoms with Crippen LogP contribution in [-0.2, 0) is 13.6 Å². The number of aromatic nitrogens is 2. The molecule has 2 aromatic carbocycles. The number of phenolic OH excluding ortho intramolecular Hbond substituents is 1. The zero-order valence-corrected chi connectivity index (χ0v) is 17.6. The highest BCUT2D eigenvalue weighted by atomic mass is 35.5. The molecule has 0 spiro atoms. The van der Waals surface area contributed by atoms with Crippen LogP contribution in [0.15, 0.2) is 36.7 Å². The van der Waals surface area contributed by atoms with E-state index in [1.54, 1.807) is 6.07 Å². The largest absolute Gasteiger partial charge is 1.00 e. The van der Waals surface area contributed by atoms with Crippen molar-refractivity contribution in [1.29, 1.82) is 0 Å². The van der Waals surface area contributed by atoms with Gasteiger partial charge in [0.2, 0.25) is 0 Å². The van der Waals surface area contributed by atoms with Gasteiger partial charge in [0.1, 0.15) is 12.3 Å². The van der Waals surface area contributed by atoms with Gasteiger partial charge in [-0.3, -0.25) is 0 Å². The number of unbranched alkanes of at least 4 members (excludes halogenated alkanes) is 2. The molecule has 0 aliphatic carbocycles. The van der Waals surface area contributed by atoms with Crippen LogP contribution in [0.2, 0.25) is 0 Å². The summed E-state index contributed by atoms with van der Waals surface area (Å²) in [5, 5.41) is 15.0. The third-order valence-electron chi connectivity index (χ3n) is 5.86. The number of nitrogens with zero attached hydrogens (tertiary/aromatic N) is 2. The average molecular weight is 398 g/mol. The summed E-state index contributed by atoms with van der Waals surface area (Å²) >= 11 is 0. The lowest BCUT2D eigenvalue weighted by Gasteiger charge is -2.10. The number of rotatable bonds is 5. The van der Waals surface area contributed by atoms with Crippen molar-refractivity contribution in [3.05, 3.63) is 47.8 Å². The second-order valence-electron chi connectivity index (χ2n) is 7.59. The molecule has 2 heterocycles. The van der Waals surface area contributed by atoms with Crippen molar-refractivity contribution in [2.24, 2.45) is 12.8 Å². The van der Waals surface area contributed by atoms with Gasteiger partial charge in [0.25, 0.3) is 0 Å². The third-order valence-corrected chi connectivity index (χ3v) is 5.86. The molecule has 0 saturated carbocycles. The minimum absolute atomic E-state index is 0. The lowest BCUT2D eigenvalue weighted by atomic mass is 9.97. The van der Waals surface area contributed by atoms with Crippen LogP contribution in [0.3, 0.4) is 0 Å². The highest BCUT2D eigenvalue weighted by molar-refractivity contribution is 6.16. The predicted octanol–water partition coefficient (Wildman–Crippen LogP) is 1.23. The Morgan fingerprint density at radius 3 is 2.54 bits per heavy atom. The van der Waals surface area contributed by atoms with Gasteiger partial charge < -0.3 is 27.8 Å². The molecule has 0 atom stereocenters. The summed E-state index contributed by atoms with van der Waals surface area (Å²) in [5.41, 5.74) is 10.6. The number of fused-ring (bicyclic) bond motifs is 4. The minimum Gasteiger partial charge on any atom is -1.00 e. The first-order valence-electron chi connectivity index (χ1n) is 9.76. The molecular formula is C23H28ClN3O. The number of halogens is 1. The molecule has 0 bridgehead atoms. The molecule has 0 radical (unpaired) electrons. The van der Waals surface area contributed by atoms with E-state index in [4.69, 9.17) is 5.73 Å². The van der Waals surface area contributed by atoms with Crippen LogP contribution in [0.5, 0.6) is 5.75 Å². The van der Waals surface area contributed by atoms with E-state index in [0.29, 0.717) is 5.75 Å². The molecule has 3 N–H and O–H groups in total. The van der Waals surface area contributed by atoms with Gasteiger partial charge in [0.15, 0.2) is 12.4 Å². The SMILES string of the molecule is Cc1c2c[n+](CCCCCN)ccc2c(C)c2c1c1cc(O)ccc1n2C.[Cl-]. The van der Waals surface area contributed by atoms with E-state index in [-0.39, 0.29) is 12.4 Å². The maximum absolute atomic E-state index is 10.0. The molecular weight excluding hydrogens is 370 g/mol. The topological polar surface area (TPSA) is 55.1 Å². The van der Waals surface area contributed by atoms with Crippen LogP contribution >= 0.6 is 0 Å². The standard InChI is InChI=1S/C23H27N3O.ClH/c1-15-20-14-26(11-6-4-5-10-24)12-9-18(20)16(2)23-22(15)19-13-17(27)7-8-21(19)25(23)3;/h7-9,12-14H,4-6,10-11,24H2,1-3H3;1H. The highest BCUT2D eigenvalue weighted by Crippen LogP contribution is 2.38. The van der Waals surface area contributed by atoms with Crippen molar-refractivity contribution >= 4 is 32.6 Å². The molecule has 5 heteroatoms. The highest BCUT2D eigenvalue weighted by Gasteiger charge is 2.18. The van der Waals surface area contributed by atoms with Crippen molar-refractivity contribution in [2.45, 2.75) is 39.7 Å². The molecule has 0 aliphatic rings. The average Bonchev–Trinajstić information content (AvgIpc) is 2.95. The first kappa shape index (κ1) is 20.4. The third kappa shape index (κ3) is 3.21. The van der Waals surface area contributed by atoms with Gasteiger partial charge in [-0.1, -0.05) is 0 Å². The van der Waals surface area contributed by atoms with Crippen molar-refractivity contribution in [3.8, 4) is 5.75 Å². The fourth-order valence-electron chi connectivity index (χ4n) is 4.43. The van der Waals surface area contributed by atoms with E-state index in [9.17, 15) is 5.11 Å². The van der Waals surface area contributed by atoms with E-state index < -0.39 is 0 Å². The quantitative estimate of drug-likeness (QED) is 0.393. The van der Waals surface area contributed by atoms with E-state index in [1.165, 1.54) is 39.2 Å².